The van der Waals surface area contributed by atoms with Crippen LogP contribution in [-0.2, 0) is 4.74 Å². The van der Waals surface area contributed by atoms with Crippen LogP contribution in [0.15, 0.2) is 29.3 Å². The zero-order valence-electron chi connectivity index (χ0n) is 8.73. The molecule has 1 heterocycles. The summed E-state index contributed by atoms with van der Waals surface area (Å²) in [4.78, 5) is 4.14. The van der Waals surface area contributed by atoms with Crippen LogP contribution in [0.4, 0.5) is 5.69 Å². The van der Waals surface area contributed by atoms with E-state index in [0.29, 0.717) is 12.6 Å². The Morgan fingerprint density at radius 3 is 3.13 bits per heavy atom. The van der Waals surface area contributed by atoms with Crippen molar-refractivity contribution in [3.8, 4) is 0 Å². The Labute approximate surface area is 89.1 Å². The molecule has 0 fully saturated rings. The molecule has 0 bridgehead atoms. The van der Waals surface area contributed by atoms with Gasteiger partial charge in [-0.15, -0.1) is 0 Å². The highest BCUT2D eigenvalue weighted by molar-refractivity contribution is 5.73. The largest absolute Gasteiger partial charge is 0.463 e. The number of aliphatic imine (C=N–C) groups is 1. The lowest BCUT2D eigenvalue weighted by Crippen LogP contribution is -2.19. The summed E-state index contributed by atoms with van der Waals surface area (Å²) in [5.41, 5.74) is 7.77. The first-order chi connectivity index (χ1) is 7.24. The van der Waals surface area contributed by atoms with Gasteiger partial charge >= 0.3 is 0 Å². The Morgan fingerprint density at radius 2 is 2.47 bits per heavy atom. The minimum Gasteiger partial charge on any atom is -0.463 e. The Hall–Kier alpha value is -1.71. The van der Waals surface area contributed by atoms with Crippen LogP contribution < -0.4 is 11.1 Å². The summed E-state index contributed by atoms with van der Waals surface area (Å²) in [5.74, 6) is 0. The predicted molar refractivity (Wildman–Crippen MR) is 61.0 cm³/mol. The highest BCUT2D eigenvalue weighted by Crippen LogP contribution is 2.10. The zero-order valence-corrected chi connectivity index (χ0v) is 8.73. The summed E-state index contributed by atoms with van der Waals surface area (Å²) in [6, 6.07) is 8.66. The number of hydrogen-bond acceptors (Lipinski definition) is 4. The van der Waals surface area contributed by atoms with Crippen molar-refractivity contribution in [2.24, 2.45) is 10.7 Å². The van der Waals surface area contributed by atoms with Gasteiger partial charge in [0.25, 0.3) is 6.02 Å². The number of anilines is 1. The van der Waals surface area contributed by atoms with E-state index in [4.69, 9.17) is 10.5 Å². The summed E-state index contributed by atoms with van der Waals surface area (Å²) in [5, 5.41) is 3.31. The standard InChI is InChI=1S/C11H15N3O/c1-8-3-2-4-9(5-8)13-6-10-7-15-11(12)14-10/h2-5,10,13H,6-7H2,1H3,(H2,12,14). The van der Waals surface area contributed by atoms with Crippen LogP contribution in [0.1, 0.15) is 5.56 Å². The van der Waals surface area contributed by atoms with E-state index >= 15 is 0 Å². The molecule has 0 saturated heterocycles. The molecule has 1 atom stereocenters. The first-order valence-corrected chi connectivity index (χ1v) is 5.00. The van der Waals surface area contributed by atoms with E-state index in [9.17, 15) is 0 Å². The number of nitrogens with zero attached hydrogens (tertiary/aromatic N) is 1. The van der Waals surface area contributed by atoms with E-state index in [1.54, 1.807) is 0 Å². The number of rotatable bonds is 3. The van der Waals surface area contributed by atoms with Crippen molar-refractivity contribution >= 4 is 11.7 Å². The van der Waals surface area contributed by atoms with Crippen LogP contribution in [0.5, 0.6) is 0 Å². The topological polar surface area (TPSA) is 59.6 Å². The van der Waals surface area contributed by atoms with E-state index in [1.165, 1.54) is 5.56 Å². The number of aryl methyl sites for hydroxylation is 1. The molecule has 0 saturated carbocycles. The minimum absolute atomic E-state index is 0.130. The molecule has 2 rings (SSSR count). The van der Waals surface area contributed by atoms with Gasteiger partial charge in [-0.3, -0.25) is 0 Å². The Morgan fingerprint density at radius 1 is 1.60 bits per heavy atom. The number of ether oxygens (including phenoxy) is 1. The number of hydrogen-bond donors (Lipinski definition) is 2. The molecule has 0 radical (unpaired) electrons. The van der Waals surface area contributed by atoms with Gasteiger partial charge in [-0.05, 0) is 24.6 Å². The smallest absolute Gasteiger partial charge is 0.282 e. The Kier molecular flexibility index (Phi) is 2.76. The molecule has 0 amide bonds. The van der Waals surface area contributed by atoms with Crippen molar-refractivity contribution < 1.29 is 4.74 Å². The van der Waals surface area contributed by atoms with Gasteiger partial charge in [0, 0.05) is 12.2 Å². The maximum absolute atomic E-state index is 5.42. The van der Waals surface area contributed by atoms with Crippen molar-refractivity contribution in [2.75, 3.05) is 18.5 Å². The van der Waals surface area contributed by atoms with Crippen molar-refractivity contribution in [3.05, 3.63) is 29.8 Å². The second-order valence-corrected chi connectivity index (χ2v) is 3.68. The summed E-state index contributed by atoms with van der Waals surface area (Å²) in [7, 11) is 0. The minimum atomic E-state index is 0.130. The molecule has 0 aliphatic carbocycles. The molecule has 80 valence electrons. The first-order valence-electron chi connectivity index (χ1n) is 5.00. The van der Waals surface area contributed by atoms with Crippen LogP contribution in [0, 0.1) is 6.92 Å². The van der Waals surface area contributed by atoms with Gasteiger partial charge in [0.2, 0.25) is 0 Å². The quantitative estimate of drug-likeness (QED) is 0.777. The molecule has 4 nitrogen and oxygen atoms in total. The van der Waals surface area contributed by atoms with E-state index in [2.05, 4.69) is 29.4 Å². The fourth-order valence-electron chi connectivity index (χ4n) is 1.53. The van der Waals surface area contributed by atoms with Gasteiger partial charge in [-0.1, -0.05) is 12.1 Å². The molecule has 3 N–H and O–H groups in total. The maximum Gasteiger partial charge on any atom is 0.282 e. The molecule has 1 aromatic carbocycles. The van der Waals surface area contributed by atoms with Crippen LogP contribution in [0.3, 0.4) is 0 Å². The monoisotopic (exact) mass is 205 g/mol. The summed E-state index contributed by atoms with van der Waals surface area (Å²) < 4.78 is 5.07. The number of nitrogens with two attached hydrogens (primary N) is 1. The lowest BCUT2D eigenvalue weighted by atomic mass is 10.2. The van der Waals surface area contributed by atoms with Crippen LogP contribution in [0.2, 0.25) is 0 Å². The third-order valence-electron chi connectivity index (χ3n) is 2.29. The average molecular weight is 205 g/mol. The second kappa shape index (κ2) is 4.21. The van der Waals surface area contributed by atoms with Gasteiger partial charge in [0.05, 0.1) is 0 Å². The number of amidine groups is 1. The normalized spacial score (nSPS) is 19.5. The molecule has 4 heteroatoms. The van der Waals surface area contributed by atoms with Gasteiger partial charge < -0.3 is 15.8 Å². The summed E-state index contributed by atoms with van der Waals surface area (Å²) in [6.45, 7) is 3.40. The van der Waals surface area contributed by atoms with Crippen LogP contribution >= 0.6 is 0 Å². The van der Waals surface area contributed by atoms with E-state index < -0.39 is 0 Å². The van der Waals surface area contributed by atoms with Crippen molar-refractivity contribution in [1.82, 2.24) is 0 Å². The molecule has 1 aliphatic heterocycles. The van der Waals surface area contributed by atoms with E-state index in [1.807, 2.05) is 12.1 Å². The molecular weight excluding hydrogens is 190 g/mol. The van der Waals surface area contributed by atoms with E-state index in [-0.39, 0.29) is 6.04 Å². The molecule has 0 spiro atoms. The summed E-state index contributed by atoms with van der Waals surface area (Å²) >= 11 is 0. The lowest BCUT2D eigenvalue weighted by molar-refractivity contribution is 0.316. The molecule has 1 aromatic rings. The zero-order chi connectivity index (χ0) is 10.7. The summed E-state index contributed by atoms with van der Waals surface area (Å²) in [6.07, 6.45) is 0. The van der Waals surface area contributed by atoms with Crippen LogP contribution in [-0.4, -0.2) is 25.2 Å². The van der Waals surface area contributed by atoms with Gasteiger partial charge in [0.1, 0.15) is 12.6 Å². The third kappa shape index (κ3) is 2.62. The third-order valence-corrected chi connectivity index (χ3v) is 2.29. The second-order valence-electron chi connectivity index (χ2n) is 3.68. The predicted octanol–water partition coefficient (Wildman–Crippen LogP) is 1.12. The number of benzene rings is 1. The van der Waals surface area contributed by atoms with Crippen molar-refractivity contribution in [3.63, 3.8) is 0 Å². The molecule has 15 heavy (non-hydrogen) atoms. The van der Waals surface area contributed by atoms with Gasteiger partial charge in [0.15, 0.2) is 0 Å². The highest BCUT2D eigenvalue weighted by atomic mass is 16.5. The molecule has 1 unspecified atom stereocenters. The lowest BCUT2D eigenvalue weighted by Gasteiger charge is -2.09. The molecular formula is C11H15N3O. The maximum atomic E-state index is 5.42. The Bertz CT molecular complexity index is 376. The first kappa shape index (κ1) is 9.83. The fraction of sp³-hybridized carbons (Fsp3) is 0.364. The van der Waals surface area contributed by atoms with Crippen molar-refractivity contribution in [2.45, 2.75) is 13.0 Å². The molecule has 1 aliphatic rings. The van der Waals surface area contributed by atoms with Crippen LogP contribution in [0.25, 0.3) is 0 Å². The van der Waals surface area contributed by atoms with Gasteiger partial charge in [-0.25, -0.2) is 4.99 Å². The fourth-order valence-corrected chi connectivity index (χ4v) is 1.53. The van der Waals surface area contributed by atoms with E-state index in [0.717, 1.165) is 12.2 Å². The van der Waals surface area contributed by atoms with Gasteiger partial charge in [-0.2, -0.15) is 0 Å². The molecule has 0 aromatic heterocycles. The average Bonchev–Trinajstić information content (AvgIpc) is 2.62. The Balaban J connectivity index is 1.88. The highest BCUT2D eigenvalue weighted by Gasteiger charge is 2.15. The number of nitrogens with one attached hydrogen (secondary N) is 1. The SMILES string of the molecule is Cc1cccc(NCC2COC(N)=N2)c1. The van der Waals surface area contributed by atoms with Crippen molar-refractivity contribution in [1.29, 1.82) is 0 Å².